The first kappa shape index (κ1) is 13.3. The molecule has 0 unspecified atom stereocenters. The van der Waals surface area contributed by atoms with E-state index in [1.807, 2.05) is 13.0 Å². The van der Waals surface area contributed by atoms with E-state index < -0.39 is 0 Å². The first-order chi connectivity index (χ1) is 8.86. The van der Waals surface area contributed by atoms with Crippen LogP contribution in [0, 0.1) is 6.92 Å². The van der Waals surface area contributed by atoms with Crippen LogP contribution in [0.15, 0.2) is 30.3 Å². The average Bonchev–Trinajstić information content (AvgIpc) is 2.30. The van der Waals surface area contributed by atoms with Crippen LogP contribution in [0.4, 0.5) is 5.82 Å². The van der Waals surface area contributed by atoms with Gasteiger partial charge in [-0.05, 0) is 30.0 Å². The van der Waals surface area contributed by atoms with E-state index in [2.05, 4.69) is 43.1 Å². The lowest BCUT2D eigenvalue weighted by Gasteiger charge is -2.22. The van der Waals surface area contributed by atoms with Gasteiger partial charge in [0.1, 0.15) is 11.6 Å². The standard InChI is InChI=1S/C15H19N3O/c1-10-5-6-11(15(2,3)4)12(9-10)19-14-8-7-13(16)17-18-14/h5-9H,1-4H3,(H2,16,17). The summed E-state index contributed by atoms with van der Waals surface area (Å²) in [6.45, 7) is 8.49. The third-order valence-electron chi connectivity index (χ3n) is 2.82. The van der Waals surface area contributed by atoms with Gasteiger partial charge in [0.2, 0.25) is 5.88 Å². The first-order valence-corrected chi connectivity index (χ1v) is 6.24. The Morgan fingerprint density at radius 1 is 1.05 bits per heavy atom. The topological polar surface area (TPSA) is 61.0 Å². The summed E-state index contributed by atoms with van der Waals surface area (Å²) in [7, 11) is 0. The van der Waals surface area contributed by atoms with Crippen LogP contribution in [-0.4, -0.2) is 10.2 Å². The van der Waals surface area contributed by atoms with Crippen LogP contribution in [0.1, 0.15) is 31.9 Å². The summed E-state index contributed by atoms with van der Waals surface area (Å²) >= 11 is 0. The van der Waals surface area contributed by atoms with Gasteiger partial charge in [0.05, 0.1) is 0 Å². The fourth-order valence-corrected chi connectivity index (χ4v) is 1.83. The molecule has 1 aromatic carbocycles. The summed E-state index contributed by atoms with van der Waals surface area (Å²) in [5.74, 6) is 1.64. The Balaban J connectivity index is 2.38. The summed E-state index contributed by atoms with van der Waals surface area (Å²) in [6.07, 6.45) is 0. The van der Waals surface area contributed by atoms with Crippen LogP contribution in [0.2, 0.25) is 0 Å². The highest BCUT2D eigenvalue weighted by molar-refractivity contribution is 5.43. The Labute approximate surface area is 113 Å². The lowest BCUT2D eigenvalue weighted by Crippen LogP contribution is -2.12. The molecule has 0 aliphatic rings. The summed E-state index contributed by atoms with van der Waals surface area (Å²) < 4.78 is 5.84. The maximum Gasteiger partial charge on any atom is 0.239 e. The van der Waals surface area contributed by atoms with E-state index in [9.17, 15) is 0 Å². The minimum Gasteiger partial charge on any atom is -0.437 e. The Kier molecular flexibility index (Phi) is 3.42. The molecule has 4 heteroatoms. The molecule has 0 amide bonds. The monoisotopic (exact) mass is 257 g/mol. The maximum atomic E-state index is 5.84. The quantitative estimate of drug-likeness (QED) is 0.895. The van der Waals surface area contributed by atoms with Gasteiger partial charge in [0.25, 0.3) is 0 Å². The highest BCUT2D eigenvalue weighted by Crippen LogP contribution is 2.34. The van der Waals surface area contributed by atoms with Gasteiger partial charge in [-0.1, -0.05) is 32.9 Å². The molecule has 0 atom stereocenters. The Morgan fingerprint density at radius 3 is 2.37 bits per heavy atom. The molecule has 0 radical (unpaired) electrons. The second kappa shape index (κ2) is 4.88. The molecule has 2 N–H and O–H groups in total. The fourth-order valence-electron chi connectivity index (χ4n) is 1.83. The zero-order valence-electron chi connectivity index (χ0n) is 11.8. The number of hydrogen-bond acceptors (Lipinski definition) is 4. The largest absolute Gasteiger partial charge is 0.437 e. The van der Waals surface area contributed by atoms with Crippen molar-refractivity contribution in [1.82, 2.24) is 10.2 Å². The molecule has 19 heavy (non-hydrogen) atoms. The predicted octanol–water partition coefficient (Wildman–Crippen LogP) is 3.46. The number of hydrogen-bond donors (Lipinski definition) is 1. The highest BCUT2D eigenvalue weighted by Gasteiger charge is 2.19. The molecule has 0 bridgehead atoms. The highest BCUT2D eigenvalue weighted by atomic mass is 16.5. The molecule has 2 aromatic rings. The van der Waals surface area contributed by atoms with E-state index in [4.69, 9.17) is 10.5 Å². The van der Waals surface area contributed by atoms with Gasteiger partial charge in [-0.25, -0.2) is 0 Å². The van der Waals surface area contributed by atoms with Crippen LogP contribution in [-0.2, 0) is 5.41 Å². The minimum atomic E-state index is 0.00424. The number of ether oxygens (including phenoxy) is 1. The molecule has 0 spiro atoms. The fraction of sp³-hybridized carbons (Fsp3) is 0.333. The smallest absolute Gasteiger partial charge is 0.239 e. The molecular formula is C15H19N3O. The third kappa shape index (κ3) is 3.22. The summed E-state index contributed by atoms with van der Waals surface area (Å²) in [5.41, 5.74) is 7.80. The molecule has 2 rings (SSSR count). The van der Waals surface area contributed by atoms with Crippen LogP contribution < -0.4 is 10.5 Å². The molecular weight excluding hydrogens is 238 g/mol. The zero-order valence-corrected chi connectivity index (χ0v) is 11.8. The van der Waals surface area contributed by atoms with Crippen LogP contribution >= 0.6 is 0 Å². The number of benzene rings is 1. The number of nitrogens with two attached hydrogens (primary N) is 1. The number of aromatic nitrogens is 2. The summed E-state index contributed by atoms with van der Waals surface area (Å²) in [6, 6.07) is 9.59. The Hall–Kier alpha value is -2.10. The maximum absolute atomic E-state index is 5.84. The third-order valence-corrected chi connectivity index (χ3v) is 2.82. The van der Waals surface area contributed by atoms with Gasteiger partial charge < -0.3 is 10.5 Å². The van der Waals surface area contributed by atoms with Crippen molar-refractivity contribution < 1.29 is 4.74 Å². The summed E-state index contributed by atoms with van der Waals surface area (Å²) in [5, 5.41) is 7.72. The van der Waals surface area contributed by atoms with Gasteiger partial charge in [0.15, 0.2) is 0 Å². The second-order valence-corrected chi connectivity index (χ2v) is 5.65. The van der Waals surface area contributed by atoms with Crippen molar-refractivity contribution in [2.45, 2.75) is 33.1 Å². The van der Waals surface area contributed by atoms with Crippen molar-refractivity contribution in [2.75, 3.05) is 5.73 Å². The number of nitrogen functional groups attached to an aromatic ring is 1. The SMILES string of the molecule is Cc1ccc(C(C)(C)C)c(Oc2ccc(N)nn2)c1. The van der Waals surface area contributed by atoms with Crippen molar-refractivity contribution in [1.29, 1.82) is 0 Å². The molecule has 0 aliphatic heterocycles. The van der Waals surface area contributed by atoms with Crippen molar-refractivity contribution in [3.63, 3.8) is 0 Å². The zero-order chi connectivity index (χ0) is 14.0. The molecule has 0 saturated carbocycles. The van der Waals surface area contributed by atoms with Crippen molar-refractivity contribution >= 4 is 5.82 Å². The second-order valence-electron chi connectivity index (χ2n) is 5.65. The first-order valence-electron chi connectivity index (χ1n) is 6.24. The molecule has 0 saturated heterocycles. The lowest BCUT2D eigenvalue weighted by molar-refractivity contribution is 0.434. The number of aryl methyl sites for hydroxylation is 1. The Bertz CT molecular complexity index is 571. The van der Waals surface area contributed by atoms with E-state index in [0.717, 1.165) is 16.9 Å². The molecule has 1 aromatic heterocycles. The minimum absolute atomic E-state index is 0.00424. The van der Waals surface area contributed by atoms with Crippen molar-refractivity contribution in [2.24, 2.45) is 0 Å². The molecule has 1 heterocycles. The molecule has 100 valence electrons. The normalized spacial score (nSPS) is 11.4. The molecule has 0 aliphatic carbocycles. The average molecular weight is 257 g/mol. The van der Waals surface area contributed by atoms with Crippen molar-refractivity contribution in [3.05, 3.63) is 41.5 Å². The van der Waals surface area contributed by atoms with E-state index in [0.29, 0.717) is 11.7 Å². The van der Waals surface area contributed by atoms with Crippen LogP contribution in [0.5, 0.6) is 11.6 Å². The van der Waals surface area contributed by atoms with Gasteiger partial charge in [-0.2, -0.15) is 0 Å². The van der Waals surface area contributed by atoms with Crippen LogP contribution in [0.3, 0.4) is 0 Å². The van der Waals surface area contributed by atoms with Gasteiger partial charge >= 0.3 is 0 Å². The molecule has 4 nitrogen and oxygen atoms in total. The van der Waals surface area contributed by atoms with E-state index >= 15 is 0 Å². The van der Waals surface area contributed by atoms with Gasteiger partial charge in [0, 0.05) is 11.6 Å². The van der Waals surface area contributed by atoms with E-state index in [1.165, 1.54) is 0 Å². The van der Waals surface area contributed by atoms with Crippen molar-refractivity contribution in [3.8, 4) is 11.6 Å². The van der Waals surface area contributed by atoms with E-state index in [-0.39, 0.29) is 5.41 Å². The number of nitrogens with zero attached hydrogens (tertiary/aromatic N) is 2. The Morgan fingerprint density at radius 2 is 1.79 bits per heavy atom. The molecule has 0 fully saturated rings. The number of anilines is 1. The number of rotatable bonds is 2. The van der Waals surface area contributed by atoms with Crippen LogP contribution in [0.25, 0.3) is 0 Å². The van der Waals surface area contributed by atoms with E-state index in [1.54, 1.807) is 12.1 Å². The summed E-state index contributed by atoms with van der Waals surface area (Å²) in [4.78, 5) is 0. The van der Waals surface area contributed by atoms with Gasteiger partial charge in [-0.15, -0.1) is 10.2 Å². The van der Waals surface area contributed by atoms with Gasteiger partial charge in [-0.3, -0.25) is 0 Å². The lowest BCUT2D eigenvalue weighted by atomic mass is 9.86. The predicted molar refractivity (Wildman–Crippen MR) is 76.4 cm³/mol.